The number of benzene rings is 2. The van der Waals surface area contributed by atoms with E-state index < -0.39 is 0 Å². The number of hydrogen-bond acceptors (Lipinski definition) is 4. The lowest BCUT2D eigenvalue weighted by molar-refractivity contribution is -0.123. The van der Waals surface area contributed by atoms with E-state index in [4.69, 9.17) is 9.47 Å². The van der Waals surface area contributed by atoms with Gasteiger partial charge in [0.1, 0.15) is 0 Å². The van der Waals surface area contributed by atoms with Crippen LogP contribution < -0.4 is 20.1 Å². The molecule has 0 atom stereocenters. The molecule has 0 bridgehead atoms. The van der Waals surface area contributed by atoms with Crippen LogP contribution in [0.15, 0.2) is 30.3 Å². The van der Waals surface area contributed by atoms with Crippen LogP contribution in [0.4, 0.5) is 5.69 Å². The molecule has 0 spiro atoms. The number of carbonyl (C=O) groups is 2. The van der Waals surface area contributed by atoms with Crippen LogP contribution in [0.2, 0.25) is 0 Å². The minimum absolute atomic E-state index is 0.0396. The Morgan fingerprint density at radius 2 is 1.64 bits per heavy atom. The molecule has 0 saturated carbocycles. The van der Waals surface area contributed by atoms with E-state index in [9.17, 15) is 9.59 Å². The highest BCUT2D eigenvalue weighted by Crippen LogP contribution is 2.29. The SMILES string of the molecule is COc1cc(C(=O)Nc2c(C)cc(C)cc2C)ccc1OCC(=O)NC(C)C. The van der Waals surface area contributed by atoms with Crippen molar-refractivity contribution in [2.24, 2.45) is 0 Å². The van der Waals surface area contributed by atoms with Gasteiger partial charge in [0.15, 0.2) is 18.1 Å². The molecule has 0 radical (unpaired) electrons. The van der Waals surface area contributed by atoms with Gasteiger partial charge < -0.3 is 20.1 Å². The van der Waals surface area contributed by atoms with Crippen molar-refractivity contribution >= 4 is 17.5 Å². The predicted octanol–water partition coefficient (Wildman–Crippen LogP) is 3.78. The van der Waals surface area contributed by atoms with Crippen molar-refractivity contribution in [2.75, 3.05) is 19.0 Å². The summed E-state index contributed by atoms with van der Waals surface area (Å²) in [5.41, 5.74) is 4.41. The molecule has 0 aliphatic rings. The maximum atomic E-state index is 12.7. The second-order valence-electron chi connectivity index (χ2n) is 7.10. The topological polar surface area (TPSA) is 76.7 Å². The third-order valence-corrected chi connectivity index (χ3v) is 4.15. The van der Waals surface area contributed by atoms with E-state index in [1.165, 1.54) is 7.11 Å². The Morgan fingerprint density at radius 1 is 1.00 bits per heavy atom. The van der Waals surface area contributed by atoms with E-state index in [1.807, 2.05) is 46.8 Å². The molecular formula is C22H28N2O4. The highest BCUT2D eigenvalue weighted by Gasteiger charge is 2.15. The third kappa shape index (κ3) is 5.49. The number of methoxy groups -OCH3 is 1. The molecular weight excluding hydrogens is 356 g/mol. The summed E-state index contributed by atoms with van der Waals surface area (Å²) in [5, 5.41) is 5.72. The third-order valence-electron chi connectivity index (χ3n) is 4.15. The van der Waals surface area contributed by atoms with Crippen molar-refractivity contribution in [3.05, 3.63) is 52.6 Å². The Bertz CT molecular complexity index is 852. The van der Waals surface area contributed by atoms with Gasteiger partial charge in [0.2, 0.25) is 0 Å². The van der Waals surface area contributed by atoms with Crippen LogP contribution in [-0.4, -0.2) is 31.6 Å². The Hall–Kier alpha value is -3.02. The lowest BCUT2D eigenvalue weighted by Crippen LogP contribution is -2.34. The van der Waals surface area contributed by atoms with Gasteiger partial charge in [-0.1, -0.05) is 17.7 Å². The molecule has 0 unspecified atom stereocenters. The summed E-state index contributed by atoms with van der Waals surface area (Å²) in [4.78, 5) is 24.5. The summed E-state index contributed by atoms with van der Waals surface area (Å²) in [6.07, 6.45) is 0. The van der Waals surface area contributed by atoms with E-state index in [0.717, 1.165) is 22.4 Å². The van der Waals surface area contributed by atoms with Gasteiger partial charge in [-0.25, -0.2) is 0 Å². The molecule has 2 N–H and O–H groups in total. The largest absolute Gasteiger partial charge is 0.493 e. The van der Waals surface area contributed by atoms with Gasteiger partial charge in [0, 0.05) is 17.3 Å². The highest BCUT2D eigenvalue weighted by molar-refractivity contribution is 6.05. The normalized spacial score (nSPS) is 10.5. The van der Waals surface area contributed by atoms with Crippen molar-refractivity contribution in [1.82, 2.24) is 5.32 Å². The van der Waals surface area contributed by atoms with Gasteiger partial charge in [-0.2, -0.15) is 0 Å². The Morgan fingerprint density at radius 3 is 2.21 bits per heavy atom. The van der Waals surface area contributed by atoms with Crippen molar-refractivity contribution in [2.45, 2.75) is 40.7 Å². The lowest BCUT2D eigenvalue weighted by atomic mass is 10.0. The average molecular weight is 384 g/mol. The van der Waals surface area contributed by atoms with Crippen LogP contribution in [0.3, 0.4) is 0 Å². The summed E-state index contributed by atoms with van der Waals surface area (Å²) < 4.78 is 10.9. The minimum Gasteiger partial charge on any atom is -0.493 e. The second kappa shape index (κ2) is 9.26. The molecule has 0 fully saturated rings. The molecule has 0 saturated heterocycles. The first-order chi connectivity index (χ1) is 13.2. The van der Waals surface area contributed by atoms with Gasteiger partial charge >= 0.3 is 0 Å². The van der Waals surface area contributed by atoms with Crippen molar-refractivity contribution in [1.29, 1.82) is 0 Å². The van der Waals surface area contributed by atoms with E-state index in [-0.39, 0.29) is 24.5 Å². The Labute approximate surface area is 166 Å². The zero-order valence-corrected chi connectivity index (χ0v) is 17.3. The van der Waals surface area contributed by atoms with Gasteiger partial charge in [-0.15, -0.1) is 0 Å². The molecule has 0 aliphatic carbocycles. The number of hydrogen-bond donors (Lipinski definition) is 2. The first-order valence-electron chi connectivity index (χ1n) is 9.20. The number of ether oxygens (including phenoxy) is 2. The van der Waals surface area contributed by atoms with Crippen LogP contribution in [0.25, 0.3) is 0 Å². The zero-order chi connectivity index (χ0) is 20.8. The van der Waals surface area contributed by atoms with Gasteiger partial charge in [0.05, 0.1) is 7.11 Å². The summed E-state index contributed by atoms with van der Waals surface area (Å²) >= 11 is 0. The summed E-state index contributed by atoms with van der Waals surface area (Å²) in [7, 11) is 1.49. The van der Waals surface area contributed by atoms with E-state index in [1.54, 1.807) is 18.2 Å². The Balaban J connectivity index is 2.14. The fraction of sp³-hybridized carbons (Fsp3) is 0.364. The number of aryl methyl sites for hydroxylation is 3. The molecule has 2 amide bonds. The minimum atomic E-state index is -0.238. The number of nitrogens with one attached hydrogen (secondary N) is 2. The van der Waals surface area contributed by atoms with Crippen molar-refractivity contribution < 1.29 is 19.1 Å². The first kappa shape index (κ1) is 21.3. The van der Waals surface area contributed by atoms with E-state index in [0.29, 0.717) is 17.1 Å². The predicted molar refractivity (Wildman–Crippen MR) is 110 cm³/mol. The number of carbonyl (C=O) groups excluding carboxylic acids is 2. The fourth-order valence-corrected chi connectivity index (χ4v) is 3.00. The molecule has 150 valence electrons. The van der Waals surface area contributed by atoms with Gasteiger partial charge in [-0.05, 0) is 63.9 Å². The molecule has 6 heteroatoms. The summed E-state index contributed by atoms with van der Waals surface area (Å²) in [5.74, 6) is 0.338. The summed E-state index contributed by atoms with van der Waals surface area (Å²) in [6.45, 7) is 9.59. The lowest BCUT2D eigenvalue weighted by Gasteiger charge is -2.15. The van der Waals surface area contributed by atoms with Crippen LogP contribution in [0.5, 0.6) is 11.5 Å². The molecule has 0 aromatic heterocycles. The molecule has 2 rings (SSSR count). The van der Waals surface area contributed by atoms with E-state index in [2.05, 4.69) is 10.6 Å². The molecule has 28 heavy (non-hydrogen) atoms. The van der Waals surface area contributed by atoms with Crippen molar-refractivity contribution in [3.63, 3.8) is 0 Å². The van der Waals surface area contributed by atoms with Gasteiger partial charge in [0.25, 0.3) is 11.8 Å². The molecule has 2 aromatic rings. The fourth-order valence-electron chi connectivity index (χ4n) is 3.00. The number of amides is 2. The second-order valence-corrected chi connectivity index (χ2v) is 7.10. The molecule has 2 aromatic carbocycles. The van der Waals surface area contributed by atoms with Gasteiger partial charge in [-0.3, -0.25) is 9.59 Å². The van der Waals surface area contributed by atoms with Crippen LogP contribution in [0.1, 0.15) is 40.9 Å². The molecule has 0 aliphatic heterocycles. The highest BCUT2D eigenvalue weighted by atomic mass is 16.5. The zero-order valence-electron chi connectivity index (χ0n) is 17.3. The van der Waals surface area contributed by atoms with Crippen LogP contribution >= 0.6 is 0 Å². The smallest absolute Gasteiger partial charge is 0.258 e. The standard InChI is InChI=1S/C22H28N2O4/c1-13(2)23-20(25)12-28-18-8-7-17(11-19(18)27-6)22(26)24-21-15(4)9-14(3)10-16(21)5/h7-11,13H,12H2,1-6H3,(H,23,25)(H,24,26). The Kier molecular flexibility index (Phi) is 7.04. The summed E-state index contributed by atoms with van der Waals surface area (Å²) in [6, 6.07) is 8.98. The van der Waals surface area contributed by atoms with Crippen LogP contribution in [0, 0.1) is 20.8 Å². The molecule has 0 heterocycles. The average Bonchev–Trinajstić information content (AvgIpc) is 2.62. The maximum absolute atomic E-state index is 12.7. The first-order valence-corrected chi connectivity index (χ1v) is 9.20. The monoisotopic (exact) mass is 384 g/mol. The van der Waals surface area contributed by atoms with Crippen LogP contribution in [-0.2, 0) is 4.79 Å². The number of rotatable bonds is 7. The molecule has 6 nitrogen and oxygen atoms in total. The van der Waals surface area contributed by atoms with Crippen molar-refractivity contribution in [3.8, 4) is 11.5 Å². The maximum Gasteiger partial charge on any atom is 0.258 e. The van der Waals surface area contributed by atoms with E-state index >= 15 is 0 Å². The quantitative estimate of drug-likeness (QED) is 0.762. The number of anilines is 1.